The standard InChI is InChI=1S/C15H27N4O2S4/c1-7-18-10(21)13(3,9(16)20)15(5,24)25-14(4,11(22)17-6)12(23)19-8-2/h7-8H2,1-6H3,(H2,16,20)(H,17,22)(H,18,21)(H,19,23). The normalized spacial score (nSPS) is 18.0. The Morgan fingerprint density at radius 1 is 1.04 bits per heavy atom. The van der Waals surface area contributed by atoms with Crippen molar-refractivity contribution in [1.82, 2.24) is 16.0 Å². The average Bonchev–Trinajstić information content (AvgIpc) is 2.52. The molecule has 0 aliphatic heterocycles. The van der Waals surface area contributed by atoms with Crippen LogP contribution in [0.4, 0.5) is 0 Å². The number of rotatable bonds is 9. The molecule has 2 amide bonds. The molecule has 0 aromatic rings. The fourth-order valence-corrected chi connectivity index (χ4v) is 5.03. The molecule has 25 heavy (non-hydrogen) atoms. The smallest absolute Gasteiger partial charge is 0.237 e. The lowest BCUT2D eigenvalue weighted by molar-refractivity contribution is -0.140. The second-order valence-corrected chi connectivity index (χ2v) is 9.60. The zero-order chi connectivity index (χ0) is 20.1. The first kappa shape index (κ1) is 24.4. The van der Waals surface area contributed by atoms with Gasteiger partial charge in [-0.3, -0.25) is 9.59 Å². The van der Waals surface area contributed by atoms with Gasteiger partial charge in [0, 0.05) is 20.1 Å². The van der Waals surface area contributed by atoms with Crippen molar-refractivity contribution < 1.29 is 9.59 Å². The zero-order valence-electron chi connectivity index (χ0n) is 15.4. The Hall–Kier alpha value is -0.580. The van der Waals surface area contributed by atoms with Crippen molar-refractivity contribution in [2.45, 2.75) is 43.4 Å². The molecule has 0 fully saturated rings. The summed E-state index contributed by atoms with van der Waals surface area (Å²) >= 11 is 17.8. The molecule has 0 aromatic carbocycles. The summed E-state index contributed by atoms with van der Waals surface area (Å²) in [5, 5.41) is 8.64. The summed E-state index contributed by atoms with van der Waals surface area (Å²) in [6.45, 7) is 9.53. The number of primary amides is 1. The molecule has 6 nitrogen and oxygen atoms in total. The van der Waals surface area contributed by atoms with E-state index in [9.17, 15) is 9.59 Å². The van der Waals surface area contributed by atoms with Gasteiger partial charge in [-0.1, -0.05) is 37.1 Å². The van der Waals surface area contributed by atoms with Crippen molar-refractivity contribution in [2.75, 3.05) is 20.1 Å². The Kier molecular flexibility index (Phi) is 9.17. The number of carbonyl (C=O) groups excluding carboxylic acids is 2. The Bertz CT molecular complexity index is 556. The number of nitrogens with two attached hydrogens (primary N) is 1. The number of carbonyl (C=O) groups is 2. The summed E-state index contributed by atoms with van der Waals surface area (Å²) in [5.41, 5.74) is 3.94. The predicted octanol–water partition coefficient (Wildman–Crippen LogP) is 1.50. The van der Waals surface area contributed by atoms with E-state index in [-0.39, 0.29) is 0 Å². The number of thioether (sulfide) groups is 1. The Morgan fingerprint density at radius 3 is 1.88 bits per heavy atom. The molecule has 10 heteroatoms. The second-order valence-electron chi connectivity index (χ2n) is 5.87. The van der Waals surface area contributed by atoms with Crippen LogP contribution in [-0.4, -0.2) is 50.8 Å². The molecule has 0 saturated heterocycles. The molecular formula is C15H27N4O2S4. The van der Waals surface area contributed by atoms with Gasteiger partial charge in [0.1, 0.15) is 10.2 Å². The highest BCUT2D eigenvalue weighted by Crippen LogP contribution is 2.51. The Balaban J connectivity index is 6.08. The molecule has 143 valence electrons. The van der Waals surface area contributed by atoms with Crippen LogP contribution in [0.3, 0.4) is 0 Å². The molecule has 0 aliphatic rings. The van der Waals surface area contributed by atoms with E-state index in [2.05, 4.69) is 16.0 Å². The fraction of sp³-hybridized carbons (Fsp3) is 0.733. The highest BCUT2D eigenvalue weighted by atomic mass is 32.2. The number of thiocarbonyl (C=S) groups is 2. The van der Waals surface area contributed by atoms with Crippen LogP contribution in [0.15, 0.2) is 0 Å². The van der Waals surface area contributed by atoms with Gasteiger partial charge in [-0.25, -0.2) is 0 Å². The molecule has 0 saturated carbocycles. The highest BCUT2D eigenvalue weighted by Gasteiger charge is 2.57. The van der Waals surface area contributed by atoms with Gasteiger partial charge in [-0.05, 0) is 34.6 Å². The Morgan fingerprint density at radius 2 is 1.52 bits per heavy atom. The van der Waals surface area contributed by atoms with Gasteiger partial charge >= 0.3 is 0 Å². The molecular weight excluding hydrogens is 396 g/mol. The highest BCUT2D eigenvalue weighted by molar-refractivity contribution is 8.14. The molecule has 3 unspecified atom stereocenters. The van der Waals surface area contributed by atoms with E-state index in [0.717, 1.165) is 0 Å². The average molecular weight is 424 g/mol. The summed E-state index contributed by atoms with van der Waals surface area (Å²) < 4.78 is -2.21. The van der Waals surface area contributed by atoms with Gasteiger partial charge in [-0.15, -0.1) is 11.8 Å². The van der Waals surface area contributed by atoms with Crippen LogP contribution in [0.2, 0.25) is 0 Å². The van der Waals surface area contributed by atoms with Crippen molar-refractivity contribution in [3.05, 3.63) is 0 Å². The minimum atomic E-state index is -1.63. The summed E-state index contributed by atoms with van der Waals surface area (Å²) in [6.07, 6.45) is 0. The van der Waals surface area contributed by atoms with Crippen LogP contribution in [0.25, 0.3) is 0 Å². The monoisotopic (exact) mass is 423 g/mol. The van der Waals surface area contributed by atoms with Crippen LogP contribution >= 0.6 is 48.8 Å². The molecule has 3 atom stereocenters. The summed E-state index contributed by atoms with van der Waals surface area (Å²) in [7, 11) is 1.69. The van der Waals surface area contributed by atoms with Crippen LogP contribution in [0, 0.1) is 5.41 Å². The number of hydrogen-bond acceptors (Lipinski definition) is 5. The van der Waals surface area contributed by atoms with Crippen LogP contribution < -0.4 is 21.7 Å². The molecule has 0 rings (SSSR count). The lowest BCUT2D eigenvalue weighted by atomic mass is 9.84. The first-order valence-corrected chi connectivity index (χ1v) is 9.88. The summed E-state index contributed by atoms with van der Waals surface area (Å²) in [5.74, 6) is -1.31. The van der Waals surface area contributed by atoms with Crippen LogP contribution in [0.1, 0.15) is 34.6 Å². The van der Waals surface area contributed by atoms with Gasteiger partial charge in [0.15, 0.2) is 0 Å². The summed E-state index contributed by atoms with van der Waals surface area (Å²) in [6, 6.07) is 0. The number of nitrogens with one attached hydrogen (secondary N) is 3. The van der Waals surface area contributed by atoms with E-state index in [1.807, 2.05) is 13.8 Å². The number of hydrogen-bond donors (Lipinski definition) is 4. The first-order valence-electron chi connectivity index (χ1n) is 7.84. The van der Waals surface area contributed by atoms with E-state index >= 15 is 0 Å². The molecule has 0 aliphatic carbocycles. The van der Waals surface area contributed by atoms with E-state index in [1.165, 1.54) is 18.7 Å². The van der Waals surface area contributed by atoms with Gasteiger partial charge < -0.3 is 21.7 Å². The lowest BCUT2D eigenvalue weighted by Crippen LogP contribution is -2.60. The molecule has 1 radical (unpaired) electrons. The van der Waals surface area contributed by atoms with Gasteiger partial charge in [0.05, 0.1) is 14.1 Å². The third-order valence-corrected chi connectivity index (χ3v) is 7.72. The van der Waals surface area contributed by atoms with Crippen molar-refractivity contribution in [3.63, 3.8) is 0 Å². The minimum Gasteiger partial charge on any atom is -0.381 e. The molecule has 0 heterocycles. The van der Waals surface area contributed by atoms with Crippen LogP contribution in [-0.2, 0) is 9.59 Å². The largest absolute Gasteiger partial charge is 0.381 e. The van der Waals surface area contributed by atoms with Crippen molar-refractivity contribution >= 4 is 70.6 Å². The SMILES string of the molecule is CCNC(=O)C(C)(C(N)=O)C(C)([S])SC(C)(C(=S)NC)C(=S)NCC. The van der Waals surface area contributed by atoms with Gasteiger partial charge in [0.2, 0.25) is 11.8 Å². The van der Waals surface area contributed by atoms with E-state index in [4.69, 9.17) is 42.8 Å². The van der Waals surface area contributed by atoms with Gasteiger partial charge in [0.25, 0.3) is 0 Å². The zero-order valence-corrected chi connectivity index (χ0v) is 18.7. The number of amides is 2. The van der Waals surface area contributed by atoms with Crippen molar-refractivity contribution in [2.24, 2.45) is 11.1 Å². The van der Waals surface area contributed by atoms with Crippen molar-refractivity contribution in [3.8, 4) is 0 Å². The fourth-order valence-electron chi connectivity index (χ4n) is 2.13. The molecule has 0 spiro atoms. The maximum absolute atomic E-state index is 12.6. The second kappa shape index (κ2) is 9.38. The van der Waals surface area contributed by atoms with Crippen LogP contribution in [0.5, 0.6) is 0 Å². The minimum absolute atomic E-state index is 0.361. The predicted molar refractivity (Wildman–Crippen MR) is 116 cm³/mol. The third kappa shape index (κ3) is 4.99. The molecule has 0 aromatic heterocycles. The maximum Gasteiger partial charge on any atom is 0.237 e. The summed E-state index contributed by atoms with van der Waals surface area (Å²) in [4.78, 5) is 25.7. The molecule has 5 N–H and O–H groups in total. The molecule has 0 bridgehead atoms. The van der Waals surface area contributed by atoms with Gasteiger partial charge in [-0.2, -0.15) is 0 Å². The van der Waals surface area contributed by atoms with Crippen molar-refractivity contribution in [1.29, 1.82) is 0 Å². The topological polar surface area (TPSA) is 96.2 Å². The lowest BCUT2D eigenvalue weighted by Gasteiger charge is -2.44. The first-order chi connectivity index (χ1) is 11.3. The van der Waals surface area contributed by atoms with E-state index in [0.29, 0.717) is 23.1 Å². The van der Waals surface area contributed by atoms with E-state index in [1.54, 1.807) is 20.9 Å². The quantitative estimate of drug-likeness (QED) is 0.330. The third-order valence-electron chi connectivity index (χ3n) is 4.02. The Labute approximate surface area is 170 Å². The maximum atomic E-state index is 12.6. The van der Waals surface area contributed by atoms with E-state index < -0.39 is 26.1 Å².